The van der Waals surface area contributed by atoms with Crippen molar-refractivity contribution in [3.63, 3.8) is 0 Å². The first-order chi connectivity index (χ1) is 8.70. The minimum absolute atomic E-state index is 0.301. The van der Waals surface area contributed by atoms with Gasteiger partial charge in [0.15, 0.2) is 0 Å². The molecule has 2 N–H and O–H groups in total. The van der Waals surface area contributed by atoms with Crippen LogP contribution in [0.3, 0.4) is 0 Å². The van der Waals surface area contributed by atoms with E-state index in [4.69, 9.17) is 19.9 Å². The van der Waals surface area contributed by atoms with E-state index in [1.54, 1.807) is 18.2 Å². The molecular formula is C13H19NO4. The standard InChI is InChI=1S/C13H19NO4/c1-3-17-8-5-9-18-13(15)10-6-4-7-11(16-2)12(10)14/h4,6-7H,3,5,8-9,14H2,1-2H3. The fourth-order valence-corrected chi connectivity index (χ4v) is 1.45. The van der Waals surface area contributed by atoms with E-state index < -0.39 is 5.97 Å². The summed E-state index contributed by atoms with van der Waals surface area (Å²) < 4.78 is 15.3. The van der Waals surface area contributed by atoms with Crippen LogP contribution in [0.4, 0.5) is 5.69 Å². The fraction of sp³-hybridized carbons (Fsp3) is 0.462. The van der Waals surface area contributed by atoms with Crippen molar-refractivity contribution in [3.8, 4) is 5.75 Å². The van der Waals surface area contributed by atoms with Crippen molar-refractivity contribution in [1.29, 1.82) is 0 Å². The molecule has 100 valence electrons. The molecule has 1 rings (SSSR count). The number of esters is 1. The van der Waals surface area contributed by atoms with Crippen LogP contribution in [0.25, 0.3) is 0 Å². The molecule has 0 atom stereocenters. The molecule has 0 fully saturated rings. The molecule has 0 aromatic heterocycles. The van der Waals surface area contributed by atoms with Gasteiger partial charge >= 0.3 is 5.97 Å². The smallest absolute Gasteiger partial charge is 0.340 e. The van der Waals surface area contributed by atoms with E-state index in [0.29, 0.717) is 43.2 Å². The van der Waals surface area contributed by atoms with E-state index in [0.717, 1.165) is 0 Å². The molecule has 0 aliphatic rings. The Labute approximate surface area is 107 Å². The number of carbonyl (C=O) groups is 1. The summed E-state index contributed by atoms with van der Waals surface area (Å²) in [7, 11) is 1.50. The van der Waals surface area contributed by atoms with Crippen molar-refractivity contribution in [2.24, 2.45) is 0 Å². The minimum Gasteiger partial charge on any atom is -0.495 e. The van der Waals surface area contributed by atoms with Gasteiger partial charge in [-0.1, -0.05) is 6.07 Å². The molecule has 0 aliphatic carbocycles. The molecule has 0 bridgehead atoms. The number of carbonyl (C=O) groups excluding carboxylic acids is 1. The van der Waals surface area contributed by atoms with Crippen molar-refractivity contribution in [2.75, 3.05) is 32.7 Å². The lowest BCUT2D eigenvalue weighted by Gasteiger charge is -2.09. The third-order valence-electron chi connectivity index (χ3n) is 2.38. The molecule has 0 amide bonds. The predicted octanol–water partition coefficient (Wildman–Crippen LogP) is 1.86. The van der Waals surface area contributed by atoms with E-state index in [2.05, 4.69) is 0 Å². The normalized spacial score (nSPS) is 10.1. The summed E-state index contributed by atoms with van der Waals surface area (Å²) in [5.41, 5.74) is 6.42. The van der Waals surface area contributed by atoms with Gasteiger partial charge in [-0.05, 0) is 19.1 Å². The van der Waals surface area contributed by atoms with Gasteiger partial charge in [0, 0.05) is 19.6 Å². The van der Waals surface area contributed by atoms with Crippen molar-refractivity contribution < 1.29 is 19.0 Å². The first-order valence-electron chi connectivity index (χ1n) is 5.88. The van der Waals surface area contributed by atoms with Crippen LogP contribution in [0.15, 0.2) is 18.2 Å². The average Bonchev–Trinajstić information content (AvgIpc) is 2.38. The van der Waals surface area contributed by atoms with Crippen LogP contribution in [0, 0.1) is 0 Å². The zero-order chi connectivity index (χ0) is 13.4. The van der Waals surface area contributed by atoms with E-state index in [1.165, 1.54) is 7.11 Å². The molecule has 0 radical (unpaired) electrons. The summed E-state index contributed by atoms with van der Waals surface area (Å²) in [6.45, 7) is 3.48. The predicted molar refractivity (Wildman–Crippen MR) is 68.8 cm³/mol. The highest BCUT2D eigenvalue weighted by Crippen LogP contribution is 2.25. The van der Waals surface area contributed by atoms with Crippen LogP contribution in [0.5, 0.6) is 5.75 Å². The molecule has 0 saturated carbocycles. The third kappa shape index (κ3) is 3.92. The Morgan fingerprint density at radius 3 is 2.78 bits per heavy atom. The van der Waals surface area contributed by atoms with Crippen LogP contribution < -0.4 is 10.5 Å². The van der Waals surface area contributed by atoms with Gasteiger partial charge in [-0.15, -0.1) is 0 Å². The number of anilines is 1. The monoisotopic (exact) mass is 253 g/mol. The van der Waals surface area contributed by atoms with Gasteiger partial charge in [-0.25, -0.2) is 4.79 Å². The maximum Gasteiger partial charge on any atom is 0.340 e. The zero-order valence-electron chi connectivity index (χ0n) is 10.8. The lowest BCUT2D eigenvalue weighted by atomic mass is 10.1. The van der Waals surface area contributed by atoms with Crippen LogP contribution in [-0.4, -0.2) is 32.9 Å². The van der Waals surface area contributed by atoms with E-state index in [1.807, 2.05) is 6.92 Å². The molecule has 18 heavy (non-hydrogen) atoms. The largest absolute Gasteiger partial charge is 0.495 e. The van der Waals surface area contributed by atoms with Gasteiger partial charge in [0.2, 0.25) is 0 Å². The zero-order valence-corrected chi connectivity index (χ0v) is 10.8. The summed E-state index contributed by atoms with van der Waals surface area (Å²) in [6.07, 6.45) is 0.670. The minimum atomic E-state index is -0.442. The molecule has 0 saturated heterocycles. The number of para-hydroxylation sites is 1. The van der Waals surface area contributed by atoms with Crippen LogP contribution >= 0.6 is 0 Å². The number of nitrogens with two attached hydrogens (primary N) is 1. The van der Waals surface area contributed by atoms with Crippen molar-refractivity contribution in [2.45, 2.75) is 13.3 Å². The molecule has 1 aromatic carbocycles. The molecular weight excluding hydrogens is 234 g/mol. The summed E-state index contributed by atoms with van der Waals surface area (Å²) in [5, 5.41) is 0. The lowest BCUT2D eigenvalue weighted by molar-refractivity contribution is 0.0453. The highest BCUT2D eigenvalue weighted by atomic mass is 16.5. The van der Waals surface area contributed by atoms with Gasteiger partial charge < -0.3 is 19.9 Å². The summed E-state index contributed by atoms with van der Waals surface area (Å²) in [6, 6.07) is 5.01. The van der Waals surface area contributed by atoms with Crippen LogP contribution in [0.1, 0.15) is 23.7 Å². The number of hydrogen-bond acceptors (Lipinski definition) is 5. The second-order valence-corrected chi connectivity index (χ2v) is 3.61. The first-order valence-corrected chi connectivity index (χ1v) is 5.88. The third-order valence-corrected chi connectivity index (χ3v) is 2.38. The molecule has 5 heteroatoms. The Hall–Kier alpha value is -1.75. The maximum absolute atomic E-state index is 11.8. The Morgan fingerprint density at radius 1 is 1.33 bits per heavy atom. The molecule has 0 heterocycles. The van der Waals surface area contributed by atoms with E-state index >= 15 is 0 Å². The number of benzene rings is 1. The van der Waals surface area contributed by atoms with Crippen molar-refractivity contribution >= 4 is 11.7 Å². The number of nitrogen functional groups attached to an aromatic ring is 1. The highest BCUT2D eigenvalue weighted by Gasteiger charge is 2.13. The van der Waals surface area contributed by atoms with Crippen LogP contribution in [0.2, 0.25) is 0 Å². The van der Waals surface area contributed by atoms with Gasteiger partial charge in [0.25, 0.3) is 0 Å². The van der Waals surface area contributed by atoms with Crippen molar-refractivity contribution in [3.05, 3.63) is 23.8 Å². The number of rotatable bonds is 7. The Balaban J connectivity index is 2.51. The summed E-state index contributed by atoms with van der Waals surface area (Å²) >= 11 is 0. The summed E-state index contributed by atoms with van der Waals surface area (Å²) in [4.78, 5) is 11.8. The van der Waals surface area contributed by atoms with Crippen LogP contribution in [-0.2, 0) is 9.47 Å². The van der Waals surface area contributed by atoms with Crippen molar-refractivity contribution in [1.82, 2.24) is 0 Å². The average molecular weight is 253 g/mol. The number of ether oxygens (including phenoxy) is 3. The first kappa shape index (κ1) is 14.3. The second-order valence-electron chi connectivity index (χ2n) is 3.61. The highest BCUT2D eigenvalue weighted by molar-refractivity contribution is 5.96. The Bertz CT molecular complexity index is 393. The maximum atomic E-state index is 11.8. The fourth-order valence-electron chi connectivity index (χ4n) is 1.45. The van der Waals surface area contributed by atoms with Gasteiger partial charge in [0.05, 0.1) is 25.0 Å². The quantitative estimate of drug-likeness (QED) is 0.456. The van der Waals surface area contributed by atoms with E-state index in [9.17, 15) is 4.79 Å². The number of methoxy groups -OCH3 is 1. The van der Waals surface area contributed by atoms with Gasteiger partial charge in [0.1, 0.15) is 5.75 Å². The SMILES string of the molecule is CCOCCCOC(=O)c1cccc(OC)c1N. The molecule has 0 spiro atoms. The lowest BCUT2D eigenvalue weighted by Crippen LogP contribution is -2.11. The molecule has 0 aliphatic heterocycles. The molecule has 1 aromatic rings. The topological polar surface area (TPSA) is 70.8 Å². The molecule has 5 nitrogen and oxygen atoms in total. The van der Waals surface area contributed by atoms with Gasteiger partial charge in [-0.3, -0.25) is 0 Å². The number of hydrogen-bond donors (Lipinski definition) is 1. The Morgan fingerprint density at radius 2 is 2.11 bits per heavy atom. The van der Waals surface area contributed by atoms with Gasteiger partial charge in [-0.2, -0.15) is 0 Å². The van der Waals surface area contributed by atoms with E-state index in [-0.39, 0.29) is 0 Å². The second kappa shape index (κ2) is 7.55. The Kier molecular flexibility index (Phi) is 6.00. The summed E-state index contributed by atoms with van der Waals surface area (Å²) in [5.74, 6) is 0.0293. The molecule has 0 unspecified atom stereocenters.